The zero-order chi connectivity index (χ0) is 14.8. The summed E-state index contributed by atoms with van der Waals surface area (Å²) in [7, 11) is 1.42. The molecule has 0 saturated heterocycles. The number of hydrogen-bond donors (Lipinski definition) is 1. The van der Waals surface area contributed by atoms with Crippen molar-refractivity contribution in [3.63, 3.8) is 0 Å². The number of alkyl halides is 3. The van der Waals surface area contributed by atoms with Gasteiger partial charge in [-0.3, -0.25) is 4.68 Å². The number of rotatable bonds is 4. The number of hydrogen-bond acceptors (Lipinski definition) is 5. The maximum absolute atomic E-state index is 12.7. The minimum Gasteiger partial charge on any atom is -0.436 e. The monoisotopic (exact) mass is 287 g/mol. The third-order valence-electron chi connectivity index (χ3n) is 2.37. The van der Waals surface area contributed by atoms with Gasteiger partial charge in [-0.15, -0.1) is 0 Å². The van der Waals surface area contributed by atoms with E-state index in [1.807, 2.05) is 6.92 Å². The topological polar surface area (TPSA) is 64.9 Å². The second-order valence-electron chi connectivity index (χ2n) is 3.80. The summed E-state index contributed by atoms with van der Waals surface area (Å²) in [5, 5.41) is 6.41. The highest BCUT2D eigenvalue weighted by atomic mass is 19.4. The molecule has 9 heteroatoms. The van der Waals surface area contributed by atoms with Crippen molar-refractivity contribution < 1.29 is 17.9 Å². The van der Waals surface area contributed by atoms with Crippen LogP contribution in [-0.2, 0) is 12.7 Å². The first-order valence-corrected chi connectivity index (χ1v) is 5.76. The summed E-state index contributed by atoms with van der Waals surface area (Å²) in [5.74, 6) is -0.0641. The van der Waals surface area contributed by atoms with Crippen molar-refractivity contribution in [3.05, 3.63) is 24.2 Å². The summed E-state index contributed by atoms with van der Waals surface area (Å²) in [6.45, 7) is 2.50. The van der Waals surface area contributed by atoms with Crippen LogP contribution in [0.2, 0.25) is 0 Å². The van der Waals surface area contributed by atoms with E-state index in [-0.39, 0.29) is 11.8 Å². The van der Waals surface area contributed by atoms with Crippen LogP contribution in [0.1, 0.15) is 12.6 Å². The molecule has 2 aromatic rings. The van der Waals surface area contributed by atoms with Crippen LogP contribution in [0, 0.1) is 0 Å². The standard InChI is InChI=1S/C11H12F3N5O/c1-3-19-6-7(5-16-19)20-9-4-8(11(12,13)14)17-10(15-2)18-9/h4-6H,3H2,1-2H3,(H,15,17,18). The highest BCUT2D eigenvalue weighted by Crippen LogP contribution is 2.31. The first-order valence-electron chi connectivity index (χ1n) is 5.76. The van der Waals surface area contributed by atoms with Crippen molar-refractivity contribution in [2.24, 2.45) is 0 Å². The first-order chi connectivity index (χ1) is 9.42. The van der Waals surface area contributed by atoms with Gasteiger partial charge in [0.05, 0.1) is 12.4 Å². The molecule has 6 nitrogen and oxygen atoms in total. The smallest absolute Gasteiger partial charge is 0.433 e. The van der Waals surface area contributed by atoms with Crippen LogP contribution in [0.15, 0.2) is 18.5 Å². The molecule has 0 bridgehead atoms. The Morgan fingerprint density at radius 1 is 1.35 bits per heavy atom. The first kappa shape index (κ1) is 14.1. The van der Waals surface area contributed by atoms with Gasteiger partial charge in [-0.05, 0) is 6.92 Å². The maximum Gasteiger partial charge on any atom is 0.433 e. The molecule has 0 unspecified atom stereocenters. The molecular weight excluding hydrogens is 275 g/mol. The summed E-state index contributed by atoms with van der Waals surface area (Å²) < 4.78 is 44.9. The van der Waals surface area contributed by atoms with Gasteiger partial charge < -0.3 is 10.1 Å². The molecule has 0 aliphatic rings. The number of aromatic nitrogens is 4. The molecule has 0 aliphatic heterocycles. The Balaban J connectivity index is 2.31. The van der Waals surface area contributed by atoms with Gasteiger partial charge in [0.1, 0.15) is 0 Å². The van der Waals surface area contributed by atoms with Gasteiger partial charge in [-0.2, -0.15) is 23.3 Å². The maximum atomic E-state index is 12.7. The fourth-order valence-electron chi connectivity index (χ4n) is 1.43. The van der Waals surface area contributed by atoms with E-state index in [4.69, 9.17) is 4.74 Å². The number of anilines is 1. The number of halogens is 3. The predicted molar refractivity (Wildman–Crippen MR) is 64.6 cm³/mol. The van der Waals surface area contributed by atoms with Gasteiger partial charge in [-0.1, -0.05) is 0 Å². The van der Waals surface area contributed by atoms with Gasteiger partial charge in [0.15, 0.2) is 11.4 Å². The molecule has 0 radical (unpaired) electrons. The summed E-state index contributed by atoms with van der Waals surface area (Å²) in [4.78, 5) is 7.15. The highest BCUT2D eigenvalue weighted by Gasteiger charge is 2.34. The lowest BCUT2D eigenvalue weighted by atomic mass is 10.4. The van der Waals surface area contributed by atoms with E-state index in [1.54, 1.807) is 10.9 Å². The van der Waals surface area contributed by atoms with Crippen molar-refractivity contribution in [1.82, 2.24) is 19.7 Å². The molecular formula is C11H12F3N5O. The van der Waals surface area contributed by atoms with E-state index >= 15 is 0 Å². The van der Waals surface area contributed by atoms with Crippen LogP contribution in [0.3, 0.4) is 0 Å². The van der Waals surface area contributed by atoms with E-state index < -0.39 is 11.9 Å². The van der Waals surface area contributed by atoms with Crippen LogP contribution >= 0.6 is 0 Å². The normalized spacial score (nSPS) is 11.4. The van der Waals surface area contributed by atoms with Crippen LogP contribution < -0.4 is 10.1 Å². The van der Waals surface area contributed by atoms with E-state index in [1.165, 1.54) is 13.2 Å². The molecule has 0 saturated carbocycles. The second kappa shape index (κ2) is 5.35. The van der Waals surface area contributed by atoms with Gasteiger partial charge in [0, 0.05) is 19.7 Å². The lowest BCUT2D eigenvalue weighted by molar-refractivity contribution is -0.141. The van der Waals surface area contributed by atoms with E-state index in [2.05, 4.69) is 20.4 Å². The van der Waals surface area contributed by atoms with E-state index in [0.29, 0.717) is 12.3 Å². The van der Waals surface area contributed by atoms with Crippen molar-refractivity contribution >= 4 is 5.95 Å². The molecule has 0 aromatic carbocycles. The van der Waals surface area contributed by atoms with Gasteiger partial charge >= 0.3 is 6.18 Å². The summed E-state index contributed by atoms with van der Waals surface area (Å²) >= 11 is 0. The Bertz CT molecular complexity index is 596. The Labute approximate surface area is 112 Å². The fourth-order valence-corrected chi connectivity index (χ4v) is 1.43. The fraction of sp³-hybridized carbons (Fsp3) is 0.364. The Morgan fingerprint density at radius 3 is 2.65 bits per heavy atom. The lowest BCUT2D eigenvalue weighted by Gasteiger charge is -2.09. The molecule has 20 heavy (non-hydrogen) atoms. The average Bonchev–Trinajstić information content (AvgIpc) is 2.85. The number of nitrogens with zero attached hydrogens (tertiary/aromatic N) is 4. The average molecular weight is 287 g/mol. The SMILES string of the molecule is CCn1cc(Oc2cc(C(F)(F)F)nc(NC)n2)cn1. The minimum absolute atomic E-state index is 0.169. The molecule has 2 aromatic heterocycles. The van der Waals surface area contributed by atoms with Crippen LogP contribution in [0.4, 0.5) is 19.1 Å². The van der Waals surface area contributed by atoms with Crippen LogP contribution in [-0.4, -0.2) is 26.8 Å². The lowest BCUT2D eigenvalue weighted by Crippen LogP contribution is -2.11. The zero-order valence-electron chi connectivity index (χ0n) is 10.8. The van der Waals surface area contributed by atoms with Crippen molar-refractivity contribution in [2.75, 3.05) is 12.4 Å². The quantitative estimate of drug-likeness (QED) is 0.936. The largest absolute Gasteiger partial charge is 0.436 e. The van der Waals surface area contributed by atoms with Crippen molar-refractivity contribution in [3.8, 4) is 11.6 Å². The zero-order valence-corrected chi connectivity index (χ0v) is 10.8. The van der Waals surface area contributed by atoms with E-state index in [0.717, 1.165) is 6.07 Å². The van der Waals surface area contributed by atoms with Gasteiger partial charge in [0.25, 0.3) is 0 Å². The highest BCUT2D eigenvalue weighted by molar-refractivity contribution is 5.33. The molecule has 108 valence electrons. The number of ether oxygens (including phenoxy) is 1. The van der Waals surface area contributed by atoms with Gasteiger partial charge in [-0.25, -0.2) is 4.98 Å². The molecule has 1 N–H and O–H groups in total. The minimum atomic E-state index is -4.57. The van der Waals surface area contributed by atoms with Crippen LogP contribution in [0.25, 0.3) is 0 Å². The molecule has 0 aliphatic carbocycles. The molecule has 2 heterocycles. The molecule has 0 amide bonds. The Morgan fingerprint density at radius 2 is 2.10 bits per heavy atom. The molecule has 0 fully saturated rings. The van der Waals surface area contributed by atoms with Crippen molar-refractivity contribution in [1.29, 1.82) is 0 Å². The third-order valence-corrected chi connectivity index (χ3v) is 2.37. The number of aryl methyl sites for hydroxylation is 1. The van der Waals surface area contributed by atoms with Crippen LogP contribution in [0.5, 0.6) is 11.6 Å². The van der Waals surface area contributed by atoms with Gasteiger partial charge in [0.2, 0.25) is 11.8 Å². The van der Waals surface area contributed by atoms with Crippen molar-refractivity contribution in [2.45, 2.75) is 19.6 Å². The molecule has 2 rings (SSSR count). The number of nitrogens with one attached hydrogen (secondary N) is 1. The molecule has 0 atom stereocenters. The molecule has 0 spiro atoms. The third kappa shape index (κ3) is 3.16. The summed E-state index contributed by atoms with van der Waals surface area (Å²) in [5.41, 5.74) is -1.07. The Kier molecular flexibility index (Phi) is 3.77. The second-order valence-corrected chi connectivity index (χ2v) is 3.80. The van der Waals surface area contributed by atoms with E-state index in [9.17, 15) is 13.2 Å². The Hall–Kier alpha value is -2.32. The summed E-state index contributed by atoms with van der Waals surface area (Å²) in [6.07, 6.45) is -1.60. The summed E-state index contributed by atoms with van der Waals surface area (Å²) in [6, 6.07) is 0.740. The predicted octanol–water partition coefficient (Wildman–Crippen LogP) is 2.55.